The molecule has 0 aromatic heterocycles. The number of fused-ring (bicyclic) bond motifs is 3. The minimum absolute atomic E-state index is 0.0925. The summed E-state index contributed by atoms with van der Waals surface area (Å²) in [5.74, 6) is -1.31. The van der Waals surface area contributed by atoms with E-state index in [2.05, 4.69) is 22.5 Å². The minimum Gasteiger partial charge on any atom is -0.467 e. The molecule has 226 valence electrons. The maximum atomic E-state index is 13.2. The molecule has 0 saturated heterocycles. The number of amides is 3. The molecule has 2 aromatic carbocycles. The quantitative estimate of drug-likeness (QED) is 0.134. The number of carbonyl (C=O) groups excluding carboxylic acids is 4. The summed E-state index contributed by atoms with van der Waals surface area (Å²) in [6.45, 7) is 9.38. The molecule has 0 fully saturated rings. The van der Waals surface area contributed by atoms with Crippen LogP contribution in [0.1, 0.15) is 63.5 Å². The van der Waals surface area contributed by atoms with E-state index in [9.17, 15) is 19.2 Å². The van der Waals surface area contributed by atoms with Crippen molar-refractivity contribution in [1.82, 2.24) is 16.0 Å². The molecule has 10 nitrogen and oxygen atoms in total. The zero-order valence-corrected chi connectivity index (χ0v) is 24.7. The van der Waals surface area contributed by atoms with Crippen molar-refractivity contribution in [2.24, 2.45) is 0 Å². The number of hydrogen-bond donors (Lipinski definition) is 3. The third kappa shape index (κ3) is 9.09. The van der Waals surface area contributed by atoms with Crippen molar-refractivity contribution < 1.29 is 33.4 Å². The first kappa shape index (κ1) is 32.2. The van der Waals surface area contributed by atoms with Gasteiger partial charge in [0.05, 0.1) is 7.11 Å². The molecule has 0 aliphatic heterocycles. The Balaban J connectivity index is 1.62. The third-order valence-corrected chi connectivity index (χ3v) is 6.74. The predicted molar refractivity (Wildman–Crippen MR) is 159 cm³/mol. The fourth-order valence-corrected chi connectivity index (χ4v) is 4.82. The molecular formula is C32H41N3O7. The summed E-state index contributed by atoms with van der Waals surface area (Å²) < 4.78 is 15.6. The van der Waals surface area contributed by atoms with Gasteiger partial charge in [0.2, 0.25) is 5.91 Å². The maximum absolute atomic E-state index is 13.2. The van der Waals surface area contributed by atoms with E-state index in [4.69, 9.17) is 14.2 Å². The predicted octanol–water partition coefficient (Wildman–Crippen LogP) is 4.82. The summed E-state index contributed by atoms with van der Waals surface area (Å²) in [5.41, 5.74) is 3.75. The lowest BCUT2D eigenvalue weighted by molar-refractivity contribution is -0.145. The number of hydrogen-bond acceptors (Lipinski definition) is 7. The van der Waals surface area contributed by atoms with E-state index < -0.39 is 41.7 Å². The third-order valence-electron chi connectivity index (χ3n) is 6.74. The zero-order valence-electron chi connectivity index (χ0n) is 24.7. The molecule has 1 aliphatic carbocycles. The van der Waals surface area contributed by atoms with Crippen molar-refractivity contribution in [2.75, 3.05) is 20.3 Å². The van der Waals surface area contributed by atoms with Crippen LogP contribution in [0.15, 0.2) is 61.2 Å². The molecule has 0 heterocycles. The van der Waals surface area contributed by atoms with Crippen molar-refractivity contribution in [3.63, 3.8) is 0 Å². The first-order chi connectivity index (χ1) is 20.0. The van der Waals surface area contributed by atoms with E-state index in [0.29, 0.717) is 19.4 Å². The molecule has 0 spiro atoms. The van der Waals surface area contributed by atoms with Crippen LogP contribution in [0.2, 0.25) is 0 Å². The number of alkyl carbamates (subject to hydrolysis) is 2. The fraction of sp³-hybridized carbons (Fsp3) is 0.438. The number of carbonyl (C=O) groups is 4. The highest BCUT2D eigenvalue weighted by Gasteiger charge is 2.30. The molecule has 2 atom stereocenters. The smallest absolute Gasteiger partial charge is 0.407 e. The Kier molecular flexibility index (Phi) is 11.5. The highest BCUT2D eigenvalue weighted by Crippen LogP contribution is 2.44. The van der Waals surface area contributed by atoms with Gasteiger partial charge in [0, 0.05) is 12.5 Å². The van der Waals surface area contributed by atoms with Gasteiger partial charge in [-0.05, 0) is 68.7 Å². The van der Waals surface area contributed by atoms with E-state index >= 15 is 0 Å². The average Bonchev–Trinajstić information content (AvgIpc) is 3.27. The normalized spacial score (nSPS) is 13.5. The Morgan fingerprint density at radius 2 is 1.52 bits per heavy atom. The molecule has 0 bridgehead atoms. The summed E-state index contributed by atoms with van der Waals surface area (Å²) in [6, 6.07) is 14.1. The van der Waals surface area contributed by atoms with Gasteiger partial charge in [-0.1, -0.05) is 54.6 Å². The molecular weight excluding hydrogens is 538 g/mol. The number of esters is 1. The average molecular weight is 580 g/mol. The largest absolute Gasteiger partial charge is 0.467 e. The molecule has 42 heavy (non-hydrogen) atoms. The highest BCUT2D eigenvalue weighted by molar-refractivity contribution is 5.89. The topological polar surface area (TPSA) is 132 Å². The minimum atomic E-state index is -0.987. The van der Waals surface area contributed by atoms with Crippen LogP contribution in [0.3, 0.4) is 0 Å². The van der Waals surface area contributed by atoms with E-state index in [1.807, 2.05) is 48.5 Å². The Morgan fingerprint density at radius 3 is 2.10 bits per heavy atom. The summed E-state index contributed by atoms with van der Waals surface area (Å²) >= 11 is 0. The Bertz CT molecular complexity index is 1230. The second-order valence-corrected chi connectivity index (χ2v) is 11.1. The molecule has 0 unspecified atom stereocenters. The van der Waals surface area contributed by atoms with Crippen LogP contribution in [0.25, 0.3) is 11.1 Å². The molecule has 0 saturated carbocycles. The van der Waals surface area contributed by atoms with Crippen LogP contribution < -0.4 is 16.0 Å². The molecule has 3 rings (SSSR count). The van der Waals surface area contributed by atoms with E-state index in [-0.39, 0.29) is 25.4 Å². The van der Waals surface area contributed by atoms with Gasteiger partial charge in [-0.2, -0.15) is 0 Å². The van der Waals surface area contributed by atoms with Gasteiger partial charge >= 0.3 is 18.2 Å². The van der Waals surface area contributed by atoms with E-state index in [1.54, 1.807) is 20.8 Å². The molecule has 2 aromatic rings. The zero-order chi connectivity index (χ0) is 30.7. The first-order valence-corrected chi connectivity index (χ1v) is 14.1. The van der Waals surface area contributed by atoms with Gasteiger partial charge in [0.15, 0.2) is 0 Å². The van der Waals surface area contributed by atoms with Crippen LogP contribution in [-0.4, -0.2) is 62.0 Å². The second kappa shape index (κ2) is 15.0. The van der Waals surface area contributed by atoms with E-state index in [1.165, 1.54) is 13.2 Å². The summed E-state index contributed by atoms with van der Waals surface area (Å²) in [7, 11) is 1.23. The van der Waals surface area contributed by atoms with Crippen molar-refractivity contribution >= 4 is 24.1 Å². The van der Waals surface area contributed by atoms with Gasteiger partial charge in [0.25, 0.3) is 0 Å². The van der Waals surface area contributed by atoms with Crippen LogP contribution >= 0.6 is 0 Å². The van der Waals surface area contributed by atoms with Crippen LogP contribution in [0, 0.1) is 0 Å². The molecule has 3 amide bonds. The summed E-state index contributed by atoms with van der Waals surface area (Å²) in [4.78, 5) is 50.2. The number of methoxy groups -OCH3 is 1. The summed E-state index contributed by atoms with van der Waals surface area (Å²) in [5, 5.41) is 7.97. The lowest BCUT2D eigenvalue weighted by Gasteiger charge is -2.22. The summed E-state index contributed by atoms with van der Waals surface area (Å²) in [6.07, 6.45) is 1.65. The van der Waals surface area contributed by atoms with E-state index in [0.717, 1.165) is 22.3 Å². The first-order valence-electron chi connectivity index (χ1n) is 14.1. The maximum Gasteiger partial charge on any atom is 0.407 e. The lowest BCUT2D eigenvalue weighted by atomic mass is 9.98. The lowest BCUT2D eigenvalue weighted by Crippen LogP contribution is -2.52. The van der Waals surface area contributed by atoms with Crippen LogP contribution in [-0.2, 0) is 23.8 Å². The molecule has 10 heteroatoms. The SMILES string of the molecule is C=CC[C@@H](NC(=O)[C@@H](CCCCNC(=O)OC(C)(C)C)NC(=O)OCC1c2ccccc2-c2ccccc21)C(=O)OC. The van der Waals surface area contributed by atoms with Gasteiger partial charge in [-0.15, -0.1) is 6.58 Å². The van der Waals surface area contributed by atoms with Crippen LogP contribution in [0.4, 0.5) is 9.59 Å². The number of rotatable bonds is 13. The molecule has 3 N–H and O–H groups in total. The van der Waals surface area contributed by atoms with Crippen molar-refractivity contribution in [1.29, 1.82) is 0 Å². The Morgan fingerprint density at radius 1 is 0.905 bits per heavy atom. The van der Waals surface area contributed by atoms with Gasteiger partial charge in [0.1, 0.15) is 24.3 Å². The number of nitrogens with one attached hydrogen (secondary N) is 3. The second-order valence-electron chi connectivity index (χ2n) is 11.1. The van der Waals surface area contributed by atoms with Gasteiger partial charge in [-0.3, -0.25) is 4.79 Å². The van der Waals surface area contributed by atoms with Crippen LogP contribution in [0.5, 0.6) is 0 Å². The van der Waals surface area contributed by atoms with Gasteiger partial charge in [-0.25, -0.2) is 14.4 Å². The Labute approximate surface area is 247 Å². The van der Waals surface area contributed by atoms with Crippen molar-refractivity contribution in [2.45, 2.75) is 70.1 Å². The molecule has 1 aliphatic rings. The van der Waals surface area contributed by atoms with Crippen molar-refractivity contribution in [3.8, 4) is 11.1 Å². The molecule has 0 radical (unpaired) electrons. The number of ether oxygens (including phenoxy) is 3. The monoisotopic (exact) mass is 579 g/mol. The van der Waals surface area contributed by atoms with Crippen molar-refractivity contribution in [3.05, 3.63) is 72.3 Å². The Hall–Kier alpha value is -4.34. The number of unbranched alkanes of at least 4 members (excludes halogenated alkanes) is 1. The van der Waals surface area contributed by atoms with Gasteiger partial charge < -0.3 is 30.2 Å². The standard InChI is InChI=1S/C32H41N3O7/c1-6-13-27(29(37)40-5)34-28(36)26(18-11-12-19-33-30(38)42-32(2,3)4)35-31(39)41-20-25-23-16-9-7-14-21(23)22-15-8-10-17-24(22)25/h6-10,14-17,25-27H,1,11-13,18-20H2,2-5H3,(H,33,38)(H,34,36)(H,35,39)/t26-,27-/m1/s1. The highest BCUT2D eigenvalue weighted by atomic mass is 16.6. The number of benzene rings is 2. The fourth-order valence-electron chi connectivity index (χ4n) is 4.82.